The van der Waals surface area contributed by atoms with E-state index in [9.17, 15) is 0 Å². The van der Waals surface area contributed by atoms with E-state index in [4.69, 9.17) is 9.97 Å². The molecule has 2 heteroatoms. The molecule has 0 spiro atoms. The highest BCUT2D eigenvalue weighted by atomic mass is 14.7. The molecule has 0 radical (unpaired) electrons. The van der Waals surface area contributed by atoms with E-state index in [1.54, 1.807) is 0 Å². The van der Waals surface area contributed by atoms with Crippen molar-refractivity contribution in [2.75, 3.05) is 0 Å². The van der Waals surface area contributed by atoms with Crippen molar-refractivity contribution in [2.45, 2.75) is 0 Å². The van der Waals surface area contributed by atoms with E-state index < -0.39 is 0 Å². The standard InChI is InChI=1S/C54H36N2/c1-5-14-40(15-6-1)49-36-53(44-20-11-4-12-21-44)55-50-33-32-47-46(22-13-23-48(47)54(49)50)41-30-28-38(29-31-41)37-24-26-39(27-25-37)45-34-51(42-16-7-2-8-17-42)56-52(35-45)43-18-9-3-10-19-43/h1-36H. The highest BCUT2D eigenvalue weighted by Crippen LogP contribution is 2.40. The molecule has 0 aliphatic carbocycles. The van der Waals surface area contributed by atoms with E-state index in [-0.39, 0.29) is 0 Å². The maximum atomic E-state index is 5.19. The summed E-state index contributed by atoms with van der Waals surface area (Å²) in [5.74, 6) is 0. The zero-order valence-electron chi connectivity index (χ0n) is 30.7. The largest absolute Gasteiger partial charge is 0.248 e. The number of hydrogen-bond donors (Lipinski definition) is 0. The first-order valence-corrected chi connectivity index (χ1v) is 19.1. The van der Waals surface area contributed by atoms with Crippen LogP contribution in [0.15, 0.2) is 218 Å². The Bertz CT molecular complexity index is 2900. The lowest BCUT2D eigenvalue weighted by Gasteiger charge is -2.15. The monoisotopic (exact) mass is 712 g/mol. The molecule has 0 fully saturated rings. The molecule has 2 aromatic heterocycles. The van der Waals surface area contributed by atoms with Crippen molar-refractivity contribution in [3.05, 3.63) is 218 Å². The summed E-state index contributed by atoms with van der Waals surface area (Å²) in [7, 11) is 0. The zero-order valence-corrected chi connectivity index (χ0v) is 30.7. The van der Waals surface area contributed by atoms with Gasteiger partial charge in [0.05, 0.1) is 22.6 Å². The molecule has 10 rings (SSSR count). The number of fused-ring (bicyclic) bond motifs is 3. The van der Waals surface area contributed by atoms with Gasteiger partial charge in [-0.05, 0) is 79.5 Å². The number of pyridine rings is 2. The lowest BCUT2D eigenvalue weighted by atomic mass is 9.91. The van der Waals surface area contributed by atoms with Crippen LogP contribution < -0.4 is 0 Å². The summed E-state index contributed by atoms with van der Waals surface area (Å²) < 4.78 is 0. The summed E-state index contributed by atoms with van der Waals surface area (Å²) in [6.45, 7) is 0. The first kappa shape index (κ1) is 33.2. The Hall–Kier alpha value is -7.42. The molecule has 2 heterocycles. The molecule has 0 aliphatic heterocycles. The normalized spacial score (nSPS) is 11.2. The average Bonchev–Trinajstić information content (AvgIpc) is 3.29. The molecule has 0 saturated heterocycles. The van der Waals surface area contributed by atoms with Gasteiger partial charge in [-0.15, -0.1) is 0 Å². The van der Waals surface area contributed by atoms with E-state index in [0.717, 1.165) is 50.4 Å². The first-order chi connectivity index (χ1) is 27.7. The molecule has 0 atom stereocenters. The predicted molar refractivity (Wildman–Crippen MR) is 235 cm³/mol. The topological polar surface area (TPSA) is 25.8 Å². The van der Waals surface area contributed by atoms with Crippen LogP contribution in [0.2, 0.25) is 0 Å². The van der Waals surface area contributed by atoms with E-state index in [1.807, 2.05) is 18.2 Å². The Labute approximate surface area is 327 Å². The van der Waals surface area contributed by atoms with Gasteiger partial charge in [0.25, 0.3) is 0 Å². The third-order valence-corrected chi connectivity index (χ3v) is 10.7. The van der Waals surface area contributed by atoms with E-state index in [1.165, 1.54) is 49.5 Å². The van der Waals surface area contributed by atoms with Gasteiger partial charge >= 0.3 is 0 Å². The van der Waals surface area contributed by atoms with Crippen molar-refractivity contribution in [3.8, 4) is 78.3 Å². The summed E-state index contributed by atoms with van der Waals surface area (Å²) in [5, 5.41) is 3.59. The van der Waals surface area contributed by atoms with Gasteiger partial charge in [-0.2, -0.15) is 0 Å². The van der Waals surface area contributed by atoms with Crippen molar-refractivity contribution in [1.29, 1.82) is 0 Å². The van der Waals surface area contributed by atoms with Crippen molar-refractivity contribution in [3.63, 3.8) is 0 Å². The van der Waals surface area contributed by atoms with Crippen LogP contribution in [-0.4, -0.2) is 9.97 Å². The number of hydrogen-bond acceptors (Lipinski definition) is 2. The van der Waals surface area contributed by atoms with Crippen LogP contribution >= 0.6 is 0 Å². The minimum Gasteiger partial charge on any atom is -0.248 e. The average molecular weight is 713 g/mol. The predicted octanol–water partition coefficient (Wildman–Crippen LogP) is 14.5. The van der Waals surface area contributed by atoms with Crippen molar-refractivity contribution < 1.29 is 0 Å². The Balaban J connectivity index is 0.999. The molecule has 0 saturated carbocycles. The van der Waals surface area contributed by atoms with Crippen LogP contribution in [0.4, 0.5) is 0 Å². The summed E-state index contributed by atoms with van der Waals surface area (Å²) in [5.41, 5.74) is 16.6. The molecule has 0 N–H and O–H groups in total. The molecule has 262 valence electrons. The molecule has 0 aliphatic rings. The molecule has 0 unspecified atom stereocenters. The van der Waals surface area contributed by atoms with Gasteiger partial charge < -0.3 is 0 Å². The molecular formula is C54H36N2. The van der Waals surface area contributed by atoms with Gasteiger partial charge in [0, 0.05) is 22.1 Å². The lowest BCUT2D eigenvalue weighted by molar-refractivity contribution is 1.32. The maximum Gasteiger partial charge on any atom is 0.0722 e. The molecule has 8 aromatic carbocycles. The second-order valence-electron chi connectivity index (χ2n) is 14.2. The molecule has 2 nitrogen and oxygen atoms in total. The third kappa shape index (κ3) is 6.34. The minimum atomic E-state index is 0.965. The Morgan fingerprint density at radius 3 is 1.18 bits per heavy atom. The smallest absolute Gasteiger partial charge is 0.0722 e. The maximum absolute atomic E-state index is 5.19. The van der Waals surface area contributed by atoms with Crippen molar-refractivity contribution in [1.82, 2.24) is 9.97 Å². The van der Waals surface area contributed by atoms with Gasteiger partial charge in [0.1, 0.15) is 0 Å². The van der Waals surface area contributed by atoms with Crippen LogP contribution in [-0.2, 0) is 0 Å². The highest BCUT2D eigenvalue weighted by Gasteiger charge is 2.15. The number of benzene rings is 8. The second kappa shape index (κ2) is 14.4. The Morgan fingerprint density at radius 1 is 0.232 bits per heavy atom. The van der Waals surface area contributed by atoms with E-state index >= 15 is 0 Å². The van der Waals surface area contributed by atoms with E-state index in [2.05, 4.69) is 200 Å². The lowest BCUT2D eigenvalue weighted by Crippen LogP contribution is -1.92. The first-order valence-electron chi connectivity index (χ1n) is 19.1. The molecule has 10 aromatic rings. The minimum absolute atomic E-state index is 0.965. The van der Waals surface area contributed by atoms with Crippen LogP contribution in [0, 0.1) is 0 Å². The van der Waals surface area contributed by atoms with Gasteiger partial charge in [-0.1, -0.05) is 194 Å². The Morgan fingerprint density at radius 2 is 0.661 bits per heavy atom. The summed E-state index contributed by atoms with van der Waals surface area (Å²) >= 11 is 0. The summed E-state index contributed by atoms with van der Waals surface area (Å²) in [6, 6.07) is 77.5. The Kier molecular flexibility index (Phi) is 8.55. The van der Waals surface area contributed by atoms with Crippen molar-refractivity contribution >= 4 is 21.7 Å². The molecule has 0 amide bonds. The summed E-state index contributed by atoms with van der Waals surface area (Å²) in [6.07, 6.45) is 0. The molecular weight excluding hydrogens is 677 g/mol. The van der Waals surface area contributed by atoms with E-state index in [0.29, 0.717) is 0 Å². The van der Waals surface area contributed by atoms with Gasteiger partial charge in [0.2, 0.25) is 0 Å². The fourth-order valence-electron chi connectivity index (χ4n) is 7.86. The van der Waals surface area contributed by atoms with Gasteiger partial charge in [-0.25, -0.2) is 9.97 Å². The number of nitrogens with zero attached hydrogens (tertiary/aromatic N) is 2. The van der Waals surface area contributed by atoms with Crippen LogP contribution in [0.3, 0.4) is 0 Å². The fraction of sp³-hybridized carbons (Fsp3) is 0. The molecule has 0 bridgehead atoms. The van der Waals surface area contributed by atoms with Gasteiger partial charge in [-0.3, -0.25) is 0 Å². The van der Waals surface area contributed by atoms with Crippen LogP contribution in [0.1, 0.15) is 0 Å². The fourth-order valence-corrected chi connectivity index (χ4v) is 7.86. The SMILES string of the molecule is c1ccc(-c2cc(-c3ccc(-c4ccc(-c5cccc6c5ccc5nc(-c7ccccc7)cc(-c7ccccc7)c56)cc4)cc3)cc(-c3ccccc3)n2)cc1. The van der Waals surface area contributed by atoms with Crippen molar-refractivity contribution in [2.24, 2.45) is 0 Å². The quantitative estimate of drug-likeness (QED) is 0.154. The van der Waals surface area contributed by atoms with Gasteiger partial charge in [0.15, 0.2) is 0 Å². The number of aromatic nitrogens is 2. The zero-order chi connectivity index (χ0) is 37.3. The van der Waals surface area contributed by atoms with Crippen LogP contribution in [0.25, 0.3) is 100.0 Å². The second-order valence-corrected chi connectivity index (χ2v) is 14.2. The molecule has 56 heavy (non-hydrogen) atoms. The number of rotatable bonds is 7. The van der Waals surface area contributed by atoms with Crippen LogP contribution in [0.5, 0.6) is 0 Å². The third-order valence-electron chi connectivity index (χ3n) is 10.7. The highest BCUT2D eigenvalue weighted by molar-refractivity contribution is 6.17. The summed E-state index contributed by atoms with van der Waals surface area (Å²) in [4.78, 5) is 10.2.